The fourth-order valence-corrected chi connectivity index (χ4v) is 2.94. The third kappa shape index (κ3) is 4.13. The van der Waals surface area contributed by atoms with Gasteiger partial charge in [-0.05, 0) is 50.4 Å². The molecule has 1 fully saturated rings. The maximum Gasteiger partial charge on any atom is 0.161 e. The van der Waals surface area contributed by atoms with E-state index >= 15 is 0 Å². The molecule has 0 saturated heterocycles. The van der Waals surface area contributed by atoms with Gasteiger partial charge in [-0.25, -0.2) is 0 Å². The summed E-state index contributed by atoms with van der Waals surface area (Å²) in [5.74, 6) is 1.69. The Morgan fingerprint density at radius 2 is 2.05 bits per heavy atom. The van der Waals surface area contributed by atoms with Gasteiger partial charge in [0.05, 0.1) is 6.61 Å². The standard InChI is InChI=1S/C16H25NO2/c1-3-19-16-10-14(8-9-15(16)18)12-17(2)11-13-6-4-5-7-13/h8-10,13,18H,3-7,11-12H2,1-2H3. The summed E-state index contributed by atoms with van der Waals surface area (Å²) in [5.41, 5.74) is 1.20. The summed E-state index contributed by atoms with van der Waals surface area (Å²) in [5, 5.41) is 9.69. The number of aromatic hydroxyl groups is 1. The van der Waals surface area contributed by atoms with Gasteiger partial charge in [0.1, 0.15) is 0 Å². The lowest BCUT2D eigenvalue weighted by Crippen LogP contribution is -2.24. The van der Waals surface area contributed by atoms with E-state index in [4.69, 9.17) is 4.74 Å². The van der Waals surface area contributed by atoms with Crippen LogP contribution in [0.15, 0.2) is 18.2 Å². The van der Waals surface area contributed by atoms with Crippen LogP contribution < -0.4 is 4.74 Å². The normalized spacial score (nSPS) is 16.2. The van der Waals surface area contributed by atoms with Gasteiger partial charge in [-0.2, -0.15) is 0 Å². The van der Waals surface area contributed by atoms with E-state index in [9.17, 15) is 5.11 Å². The van der Waals surface area contributed by atoms with Crippen LogP contribution in [-0.2, 0) is 6.54 Å². The van der Waals surface area contributed by atoms with E-state index in [1.165, 1.54) is 37.8 Å². The highest BCUT2D eigenvalue weighted by Gasteiger charge is 2.17. The summed E-state index contributed by atoms with van der Waals surface area (Å²) >= 11 is 0. The van der Waals surface area contributed by atoms with Crippen molar-refractivity contribution >= 4 is 0 Å². The lowest BCUT2D eigenvalue weighted by atomic mass is 10.1. The Labute approximate surface area is 116 Å². The van der Waals surface area contributed by atoms with Crippen molar-refractivity contribution in [1.82, 2.24) is 4.90 Å². The minimum absolute atomic E-state index is 0.226. The Morgan fingerprint density at radius 3 is 2.74 bits per heavy atom. The molecule has 1 aliphatic rings. The molecule has 3 heteroatoms. The van der Waals surface area contributed by atoms with Gasteiger partial charge in [-0.15, -0.1) is 0 Å². The summed E-state index contributed by atoms with van der Waals surface area (Å²) in [6.07, 6.45) is 5.55. The topological polar surface area (TPSA) is 32.7 Å². The first kappa shape index (κ1) is 14.2. The second-order valence-corrected chi connectivity index (χ2v) is 5.58. The number of ether oxygens (including phenoxy) is 1. The molecule has 1 aromatic rings. The first-order chi connectivity index (χ1) is 9.19. The van der Waals surface area contributed by atoms with Gasteiger partial charge in [0.15, 0.2) is 11.5 Å². The molecule has 0 aliphatic heterocycles. The van der Waals surface area contributed by atoms with Crippen molar-refractivity contribution in [3.63, 3.8) is 0 Å². The summed E-state index contributed by atoms with van der Waals surface area (Å²) < 4.78 is 5.42. The van der Waals surface area contributed by atoms with Gasteiger partial charge in [0.2, 0.25) is 0 Å². The maximum absolute atomic E-state index is 9.69. The molecule has 0 atom stereocenters. The Morgan fingerprint density at radius 1 is 1.32 bits per heavy atom. The molecule has 106 valence electrons. The van der Waals surface area contributed by atoms with Crippen molar-refractivity contribution in [2.75, 3.05) is 20.2 Å². The minimum atomic E-state index is 0.226. The Bertz CT molecular complexity index is 400. The molecule has 0 aromatic heterocycles. The zero-order valence-corrected chi connectivity index (χ0v) is 12.1. The van der Waals surface area contributed by atoms with Crippen LogP contribution in [0.5, 0.6) is 11.5 Å². The van der Waals surface area contributed by atoms with Crippen molar-refractivity contribution in [3.05, 3.63) is 23.8 Å². The average Bonchev–Trinajstić information content (AvgIpc) is 2.86. The van der Waals surface area contributed by atoms with Crippen LogP contribution in [0, 0.1) is 5.92 Å². The second kappa shape index (κ2) is 6.80. The first-order valence-corrected chi connectivity index (χ1v) is 7.32. The van der Waals surface area contributed by atoms with E-state index in [0.29, 0.717) is 12.4 Å². The number of nitrogens with zero attached hydrogens (tertiary/aromatic N) is 1. The van der Waals surface area contributed by atoms with Crippen LogP contribution in [0.1, 0.15) is 38.2 Å². The molecule has 0 unspecified atom stereocenters. The monoisotopic (exact) mass is 263 g/mol. The SMILES string of the molecule is CCOc1cc(CN(C)CC2CCCC2)ccc1O. The molecule has 1 aromatic carbocycles. The molecule has 0 bridgehead atoms. The third-order valence-electron chi connectivity index (χ3n) is 3.82. The highest BCUT2D eigenvalue weighted by Crippen LogP contribution is 2.28. The van der Waals surface area contributed by atoms with Gasteiger partial charge in [0, 0.05) is 13.1 Å². The van der Waals surface area contributed by atoms with Crippen LogP contribution in [0.4, 0.5) is 0 Å². The number of phenolic OH excluding ortho intramolecular Hbond substituents is 1. The van der Waals surface area contributed by atoms with Gasteiger partial charge in [-0.3, -0.25) is 0 Å². The molecule has 0 radical (unpaired) electrons. The molecule has 19 heavy (non-hydrogen) atoms. The molecular weight excluding hydrogens is 238 g/mol. The zero-order chi connectivity index (χ0) is 13.7. The van der Waals surface area contributed by atoms with Gasteiger partial charge in [-0.1, -0.05) is 18.9 Å². The zero-order valence-electron chi connectivity index (χ0n) is 12.1. The van der Waals surface area contributed by atoms with Gasteiger partial charge >= 0.3 is 0 Å². The van der Waals surface area contributed by atoms with E-state index in [1.807, 2.05) is 19.1 Å². The Kier molecular flexibility index (Phi) is 5.08. The number of phenols is 1. The molecule has 1 N–H and O–H groups in total. The highest BCUT2D eigenvalue weighted by atomic mass is 16.5. The highest BCUT2D eigenvalue weighted by molar-refractivity contribution is 5.41. The van der Waals surface area contributed by atoms with Crippen LogP contribution in [0.2, 0.25) is 0 Å². The van der Waals surface area contributed by atoms with Crippen LogP contribution in [0.3, 0.4) is 0 Å². The fourth-order valence-electron chi connectivity index (χ4n) is 2.94. The molecule has 0 heterocycles. The Hall–Kier alpha value is -1.22. The van der Waals surface area contributed by atoms with E-state index in [0.717, 1.165) is 12.5 Å². The average molecular weight is 263 g/mol. The summed E-state index contributed by atoms with van der Waals surface area (Å²) in [7, 11) is 2.17. The summed E-state index contributed by atoms with van der Waals surface area (Å²) in [4.78, 5) is 2.37. The summed E-state index contributed by atoms with van der Waals surface area (Å²) in [6.45, 7) is 4.59. The fraction of sp³-hybridized carbons (Fsp3) is 0.625. The summed E-state index contributed by atoms with van der Waals surface area (Å²) in [6, 6.07) is 5.65. The minimum Gasteiger partial charge on any atom is -0.504 e. The van der Waals surface area contributed by atoms with Crippen molar-refractivity contribution in [1.29, 1.82) is 0 Å². The molecule has 0 amide bonds. The third-order valence-corrected chi connectivity index (χ3v) is 3.82. The lowest BCUT2D eigenvalue weighted by Gasteiger charge is -2.21. The molecular formula is C16H25NO2. The molecule has 0 spiro atoms. The molecule has 1 saturated carbocycles. The predicted octanol–water partition coefficient (Wildman–Crippen LogP) is 3.41. The molecule has 2 rings (SSSR count). The number of hydrogen-bond donors (Lipinski definition) is 1. The smallest absolute Gasteiger partial charge is 0.161 e. The first-order valence-electron chi connectivity index (χ1n) is 7.32. The molecule has 1 aliphatic carbocycles. The van der Waals surface area contributed by atoms with E-state index in [2.05, 4.69) is 11.9 Å². The van der Waals surface area contributed by atoms with Crippen molar-refractivity contribution in [3.8, 4) is 11.5 Å². The van der Waals surface area contributed by atoms with Crippen LogP contribution in [-0.4, -0.2) is 30.2 Å². The Balaban J connectivity index is 1.92. The number of hydrogen-bond acceptors (Lipinski definition) is 3. The predicted molar refractivity (Wildman–Crippen MR) is 77.6 cm³/mol. The number of rotatable bonds is 6. The van der Waals surface area contributed by atoms with Gasteiger partial charge in [0.25, 0.3) is 0 Å². The van der Waals surface area contributed by atoms with E-state index < -0.39 is 0 Å². The van der Waals surface area contributed by atoms with Crippen molar-refractivity contribution in [2.24, 2.45) is 5.92 Å². The largest absolute Gasteiger partial charge is 0.504 e. The molecule has 3 nitrogen and oxygen atoms in total. The van der Waals surface area contributed by atoms with Crippen LogP contribution >= 0.6 is 0 Å². The van der Waals surface area contributed by atoms with Gasteiger partial charge < -0.3 is 14.7 Å². The van der Waals surface area contributed by atoms with E-state index in [1.54, 1.807) is 6.07 Å². The second-order valence-electron chi connectivity index (χ2n) is 5.58. The number of benzene rings is 1. The van der Waals surface area contributed by atoms with Crippen molar-refractivity contribution in [2.45, 2.75) is 39.2 Å². The van der Waals surface area contributed by atoms with Crippen molar-refractivity contribution < 1.29 is 9.84 Å². The lowest BCUT2D eigenvalue weighted by molar-refractivity contribution is 0.270. The quantitative estimate of drug-likeness (QED) is 0.853. The maximum atomic E-state index is 9.69. The van der Waals surface area contributed by atoms with Crippen LogP contribution in [0.25, 0.3) is 0 Å². The van der Waals surface area contributed by atoms with E-state index in [-0.39, 0.29) is 5.75 Å².